The van der Waals surface area contributed by atoms with Gasteiger partial charge in [0, 0.05) is 6.54 Å². The van der Waals surface area contributed by atoms with E-state index in [0.29, 0.717) is 19.4 Å². The Kier molecular flexibility index (Phi) is 2.30. The molecule has 0 aliphatic carbocycles. The first-order chi connectivity index (χ1) is 5.64. The van der Waals surface area contributed by atoms with Crippen molar-refractivity contribution in [2.24, 2.45) is 10.7 Å². The molecule has 0 aromatic rings. The molecule has 1 fully saturated rings. The van der Waals surface area contributed by atoms with Crippen LogP contribution in [0.5, 0.6) is 0 Å². The molecule has 0 radical (unpaired) electrons. The number of carbonyl (C=O) groups is 1. The van der Waals surface area contributed by atoms with Crippen molar-refractivity contribution in [2.45, 2.75) is 19.8 Å². The lowest BCUT2D eigenvalue weighted by atomic mass is 9.85. The van der Waals surface area contributed by atoms with Crippen molar-refractivity contribution in [3.05, 3.63) is 4.91 Å². The van der Waals surface area contributed by atoms with Crippen LogP contribution in [0.25, 0.3) is 0 Å². The summed E-state index contributed by atoms with van der Waals surface area (Å²) < 4.78 is 0. The highest BCUT2D eigenvalue weighted by atomic mass is 16.4. The van der Waals surface area contributed by atoms with Gasteiger partial charge in [-0.2, -0.15) is 0 Å². The number of hydrogen-bond acceptors (Lipinski definition) is 3. The second kappa shape index (κ2) is 3.08. The van der Waals surface area contributed by atoms with E-state index in [2.05, 4.69) is 5.29 Å². The van der Waals surface area contributed by atoms with Crippen molar-refractivity contribution in [1.82, 2.24) is 5.01 Å². The first-order valence-electron chi connectivity index (χ1n) is 3.96. The number of carboxylic acids is 1. The molecule has 5 heteroatoms. The van der Waals surface area contributed by atoms with Crippen molar-refractivity contribution in [2.75, 3.05) is 13.1 Å². The van der Waals surface area contributed by atoms with Crippen LogP contribution in [0.3, 0.4) is 0 Å². The largest absolute Gasteiger partial charge is 0.481 e. The summed E-state index contributed by atoms with van der Waals surface area (Å²) in [5.41, 5.74) is -0.742. The van der Waals surface area contributed by atoms with Crippen LogP contribution in [0.1, 0.15) is 19.8 Å². The van der Waals surface area contributed by atoms with Crippen LogP contribution in [0, 0.1) is 10.3 Å². The van der Waals surface area contributed by atoms with Crippen molar-refractivity contribution < 1.29 is 9.90 Å². The van der Waals surface area contributed by atoms with Crippen LogP contribution in [0.4, 0.5) is 0 Å². The zero-order valence-electron chi connectivity index (χ0n) is 6.99. The second-order valence-corrected chi connectivity index (χ2v) is 3.16. The zero-order valence-corrected chi connectivity index (χ0v) is 6.99. The van der Waals surface area contributed by atoms with Gasteiger partial charge in [0.15, 0.2) is 0 Å². The molecule has 1 heterocycles. The maximum Gasteiger partial charge on any atom is 0.311 e. The van der Waals surface area contributed by atoms with E-state index in [1.54, 1.807) is 0 Å². The summed E-state index contributed by atoms with van der Waals surface area (Å²) in [5.74, 6) is -0.823. The van der Waals surface area contributed by atoms with Gasteiger partial charge in [0.25, 0.3) is 0 Å². The molecule has 0 spiro atoms. The van der Waals surface area contributed by atoms with E-state index in [4.69, 9.17) is 5.11 Å². The Labute approximate surface area is 70.3 Å². The summed E-state index contributed by atoms with van der Waals surface area (Å²) in [6, 6.07) is 0. The molecular formula is C7H12N2O3. The first-order valence-corrected chi connectivity index (χ1v) is 3.96. The summed E-state index contributed by atoms with van der Waals surface area (Å²) in [7, 11) is 0. The second-order valence-electron chi connectivity index (χ2n) is 3.16. The SMILES string of the molecule is CCC1(C(=O)O)CCN(N=O)C1. The lowest BCUT2D eigenvalue weighted by Gasteiger charge is -2.20. The molecule has 5 nitrogen and oxygen atoms in total. The molecule has 68 valence electrons. The molecule has 0 bridgehead atoms. The minimum absolute atomic E-state index is 0.252. The van der Waals surface area contributed by atoms with Crippen molar-refractivity contribution >= 4 is 5.97 Å². The van der Waals surface area contributed by atoms with Gasteiger partial charge in [-0.15, -0.1) is 4.91 Å². The highest BCUT2D eigenvalue weighted by Crippen LogP contribution is 2.33. The number of carboxylic acid groups (broad SMARTS) is 1. The zero-order chi connectivity index (χ0) is 9.19. The van der Waals surface area contributed by atoms with Gasteiger partial charge in [-0.1, -0.05) is 6.92 Å². The molecule has 12 heavy (non-hydrogen) atoms. The Morgan fingerprint density at radius 2 is 2.42 bits per heavy atom. The molecule has 0 aromatic heterocycles. The third kappa shape index (κ3) is 1.26. The molecular weight excluding hydrogens is 160 g/mol. The van der Waals surface area contributed by atoms with Crippen LogP contribution in [-0.2, 0) is 4.79 Å². The lowest BCUT2D eigenvalue weighted by Crippen LogP contribution is -2.32. The van der Waals surface area contributed by atoms with Crippen molar-refractivity contribution in [1.29, 1.82) is 0 Å². The highest BCUT2D eigenvalue weighted by molar-refractivity contribution is 5.75. The van der Waals surface area contributed by atoms with Gasteiger partial charge in [-0.05, 0) is 12.8 Å². The van der Waals surface area contributed by atoms with Crippen molar-refractivity contribution in [3.8, 4) is 0 Å². The van der Waals surface area contributed by atoms with E-state index in [1.165, 1.54) is 5.01 Å². The van der Waals surface area contributed by atoms with Gasteiger partial charge in [-0.3, -0.25) is 9.80 Å². The van der Waals surface area contributed by atoms with Crippen LogP contribution < -0.4 is 0 Å². The normalized spacial score (nSPS) is 28.9. The molecule has 1 rings (SSSR count). The lowest BCUT2D eigenvalue weighted by molar-refractivity contribution is -0.148. The van der Waals surface area contributed by atoms with E-state index in [9.17, 15) is 9.70 Å². The van der Waals surface area contributed by atoms with E-state index >= 15 is 0 Å². The highest BCUT2D eigenvalue weighted by Gasteiger charge is 2.43. The number of nitrogens with zero attached hydrogens (tertiary/aromatic N) is 2. The molecule has 1 saturated heterocycles. The number of nitroso groups, excluding NO2 is 1. The number of hydrogen-bond donors (Lipinski definition) is 1. The van der Waals surface area contributed by atoms with Crippen molar-refractivity contribution in [3.63, 3.8) is 0 Å². The van der Waals surface area contributed by atoms with Gasteiger partial charge >= 0.3 is 5.97 Å². The first kappa shape index (κ1) is 8.96. The Morgan fingerprint density at radius 3 is 2.67 bits per heavy atom. The molecule has 0 aromatic carbocycles. The maximum atomic E-state index is 10.8. The van der Waals surface area contributed by atoms with Gasteiger partial charge in [0.1, 0.15) is 0 Å². The molecule has 0 amide bonds. The molecule has 1 aliphatic rings. The quantitative estimate of drug-likeness (QED) is 0.641. The fourth-order valence-electron chi connectivity index (χ4n) is 1.53. The Balaban J connectivity index is 2.72. The summed E-state index contributed by atoms with van der Waals surface area (Å²) in [6.45, 7) is 2.54. The smallest absolute Gasteiger partial charge is 0.311 e. The predicted octanol–water partition coefficient (Wildman–Crippen LogP) is 0.855. The monoisotopic (exact) mass is 172 g/mol. The van der Waals surface area contributed by atoms with Gasteiger partial charge in [0.2, 0.25) is 0 Å². The van der Waals surface area contributed by atoms with Gasteiger partial charge in [-0.25, -0.2) is 0 Å². The Bertz CT molecular complexity index is 207. The van der Waals surface area contributed by atoms with Crippen LogP contribution in [0.15, 0.2) is 5.29 Å². The predicted molar refractivity (Wildman–Crippen MR) is 42.3 cm³/mol. The topological polar surface area (TPSA) is 70.0 Å². The summed E-state index contributed by atoms with van der Waals surface area (Å²) in [5, 5.41) is 12.9. The average Bonchev–Trinajstić information content (AvgIpc) is 2.48. The number of rotatable bonds is 3. The molecule has 1 atom stereocenters. The van der Waals surface area contributed by atoms with E-state index in [-0.39, 0.29) is 6.54 Å². The number of aliphatic carboxylic acids is 1. The standard InChI is InChI=1S/C7H12N2O3/c1-2-7(6(10)11)3-4-9(5-7)8-12/h2-5H2,1H3,(H,10,11). The van der Waals surface area contributed by atoms with E-state index in [1.807, 2.05) is 6.92 Å². The van der Waals surface area contributed by atoms with Gasteiger partial charge in [0.05, 0.1) is 17.2 Å². The third-order valence-corrected chi connectivity index (χ3v) is 2.58. The summed E-state index contributed by atoms with van der Waals surface area (Å²) >= 11 is 0. The van der Waals surface area contributed by atoms with Crippen LogP contribution >= 0.6 is 0 Å². The van der Waals surface area contributed by atoms with Crippen LogP contribution in [0.2, 0.25) is 0 Å². The van der Waals surface area contributed by atoms with E-state index < -0.39 is 11.4 Å². The fourth-order valence-corrected chi connectivity index (χ4v) is 1.53. The molecule has 0 saturated carbocycles. The summed E-state index contributed by atoms with van der Waals surface area (Å²) in [4.78, 5) is 21.0. The fraction of sp³-hybridized carbons (Fsp3) is 0.857. The average molecular weight is 172 g/mol. The minimum Gasteiger partial charge on any atom is -0.481 e. The third-order valence-electron chi connectivity index (χ3n) is 2.58. The minimum atomic E-state index is -0.823. The Morgan fingerprint density at radius 1 is 1.75 bits per heavy atom. The molecule has 1 unspecified atom stereocenters. The Hall–Kier alpha value is -1.13. The molecule has 1 N–H and O–H groups in total. The molecule has 1 aliphatic heterocycles. The van der Waals surface area contributed by atoms with Gasteiger partial charge < -0.3 is 5.11 Å². The van der Waals surface area contributed by atoms with E-state index in [0.717, 1.165) is 0 Å². The summed E-state index contributed by atoms with van der Waals surface area (Å²) in [6.07, 6.45) is 1.07. The van der Waals surface area contributed by atoms with Crippen LogP contribution in [-0.4, -0.2) is 29.2 Å². The maximum absolute atomic E-state index is 10.8.